The summed E-state index contributed by atoms with van der Waals surface area (Å²) in [7, 11) is 6.46. The number of H-pyrrole nitrogens is 1. The Labute approximate surface area is 329 Å². The zero-order chi connectivity index (χ0) is 39.6. The fourth-order valence-electron chi connectivity index (χ4n) is 13.6. The van der Waals surface area contributed by atoms with Crippen molar-refractivity contribution in [1.82, 2.24) is 14.8 Å². The summed E-state index contributed by atoms with van der Waals surface area (Å²) in [5.74, 6) is -0.979. The van der Waals surface area contributed by atoms with Crippen LogP contribution in [0.1, 0.15) is 75.3 Å². The van der Waals surface area contributed by atoms with Crippen LogP contribution in [0.5, 0.6) is 5.75 Å². The van der Waals surface area contributed by atoms with Crippen LogP contribution in [0.2, 0.25) is 0 Å². The Morgan fingerprint density at radius 2 is 1.73 bits per heavy atom. The van der Waals surface area contributed by atoms with Crippen LogP contribution < -0.4 is 9.64 Å². The number of aromatic nitrogens is 1. The average Bonchev–Trinajstić information content (AvgIpc) is 3.87. The molecule has 300 valence electrons. The first-order valence-corrected chi connectivity index (χ1v) is 20.6. The van der Waals surface area contributed by atoms with Gasteiger partial charge in [-0.25, -0.2) is 4.79 Å². The third-order valence-electron chi connectivity index (χ3n) is 15.9. The maximum atomic E-state index is 15.3. The predicted molar refractivity (Wildman–Crippen MR) is 214 cm³/mol. The highest BCUT2D eigenvalue weighted by Gasteiger charge is 2.78. The van der Waals surface area contributed by atoms with Crippen molar-refractivity contribution in [2.45, 2.75) is 93.4 Å². The number of methoxy groups -OCH3 is 3. The minimum absolute atomic E-state index is 0.0235. The number of benzene rings is 2. The van der Waals surface area contributed by atoms with E-state index in [0.717, 1.165) is 66.0 Å². The van der Waals surface area contributed by atoms with E-state index in [2.05, 4.69) is 57.0 Å². The van der Waals surface area contributed by atoms with Crippen molar-refractivity contribution < 1.29 is 34.0 Å². The number of rotatable bonds is 6. The summed E-state index contributed by atoms with van der Waals surface area (Å²) >= 11 is 0. The van der Waals surface area contributed by atoms with Crippen LogP contribution in [-0.2, 0) is 36.3 Å². The molecule has 5 aliphatic heterocycles. The van der Waals surface area contributed by atoms with E-state index in [1.165, 1.54) is 14.2 Å². The Morgan fingerprint density at radius 3 is 2.45 bits per heavy atom. The number of hydrogen-bond donors (Lipinski definition) is 3. The molecule has 2 saturated heterocycles. The molecule has 2 aromatic carbocycles. The second-order valence-electron chi connectivity index (χ2n) is 17.9. The molecule has 1 aromatic heterocycles. The Bertz CT molecular complexity index is 2130. The molecule has 0 amide bonds. The summed E-state index contributed by atoms with van der Waals surface area (Å²) in [4.78, 5) is 40.3. The molecule has 1 unspecified atom stereocenters. The number of likely N-dealkylation sites (N-methyl/N-ethyl adjacent to an activating group) is 1. The molecule has 3 N–H and O–H groups in total. The number of aliphatic hydroxyl groups is 2. The Morgan fingerprint density at radius 1 is 0.964 bits per heavy atom. The number of nitrogens with zero attached hydrogens (tertiary/aromatic N) is 3. The van der Waals surface area contributed by atoms with Gasteiger partial charge in [0.2, 0.25) is 0 Å². The van der Waals surface area contributed by atoms with Crippen molar-refractivity contribution in [1.29, 1.82) is 0 Å². The van der Waals surface area contributed by atoms with Gasteiger partial charge in [0.05, 0.1) is 33.0 Å². The summed E-state index contributed by atoms with van der Waals surface area (Å²) in [6.45, 7) is 9.90. The molecular weight excluding hydrogens is 709 g/mol. The number of esters is 2. The van der Waals surface area contributed by atoms with E-state index in [4.69, 9.17) is 14.2 Å². The summed E-state index contributed by atoms with van der Waals surface area (Å²) in [6, 6.07) is 11.8. The van der Waals surface area contributed by atoms with E-state index in [9.17, 15) is 15.0 Å². The van der Waals surface area contributed by atoms with Crippen molar-refractivity contribution in [3.8, 4) is 5.75 Å². The quantitative estimate of drug-likeness (QED) is 0.240. The van der Waals surface area contributed by atoms with Gasteiger partial charge in [-0.05, 0) is 74.2 Å². The Kier molecular flexibility index (Phi) is 8.61. The molecule has 3 fully saturated rings. The highest BCUT2D eigenvalue weighted by atomic mass is 16.5. The van der Waals surface area contributed by atoms with Gasteiger partial charge in [0.1, 0.15) is 11.2 Å². The van der Waals surface area contributed by atoms with Gasteiger partial charge in [-0.15, -0.1) is 0 Å². The van der Waals surface area contributed by atoms with Crippen LogP contribution in [0.4, 0.5) is 5.69 Å². The zero-order valence-corrected chi connectivity index (χ0v) is 34.0. The molecule has 2 bridgehead atoms. The molecule has 11 nitrogen and oxygen atoms in total. The van der Waals surface area contributed by atoms with Gasteiger partial charge in [-0.1, -0.05) is 51.1 Å². The van der Waals surface area contributed by atoms with E-state index >= 15 is 4.79 Å². The van der Waals surface area contributed by atoms with Crippen molar-refractivity contribution in [3.05, 3.63) is 70.9 Å². The van der Waals surface area contributed by atoms with Gasteiger partial charge in [0.25, 0.3) is 0 Å². The van der Waals surface area contributed by atoms with Gasteiger partial charge < -0.3 is 34.3 Å². The molecule has 10 atom stereocenters. The molecule has 1 spiro atoms. The van der Waals surface area contributed by atoms with Gasteiger partial charge in [-0.2, -0.15) is 0 Å². The topological polar surface area (TPSA) is 128 Å². The predicted octanol–water partition coefficient (Wildman–Crippen LogP) is 4.70. The van der Waals surface area contributed by atoms with Crippen LogP contribution in [0.25, 0.3) is 10.9 Å². The molecule has 3 aromatic rings. The largest absolute Gasteiger partial charge is 0.496 e. The number of carbonyl (C=O) groups excluding carboxylic acids is 2. The number of carbonyl (C=O) groups is 2. The molecule has 1 saturated carbocycles. The standard InChI is InChI=1S/C45H58N4O7/c1-8-41(52)23-28-24-44(39(50)55-6,36-30(15-19-48(25-28)26-41)29-13-10-11-14-33(29)46-36)32-21-31-34(22-35(32)54-5)47(4)38-43(31)17-20-49-18-12-16-42(9-2,37(43)49)27(3)45(38,53)40(51)56-7/h10-14,16,21-22,27-28,37-38,46,52-53H,8-9,15,17-20,23-26H2,1-7H3/t27-,28+,37+,38-,41+,42+,43-,44+,45+/m1/s1. The first-order chi connectivity index (χ1) is 26.8. The second kappa shape index (κ2) is 12.8. The number of anilines is 1. The molecule has 56 heavy (non-hydrogen) atoms. The molecule has 6 aliphatic rings. The molecule has 0 radical (unpaired) electrons. The van der Waals surface area contributed by atoms with Crippen molar-refractivity contribution >= 4 is 28.5 Å². The number of piperidine rings is 1. The normalized spacial score (nSPS) is 38.4. The fourth-order valence-corrected chi connectivity index (χ4v) is 13.6. The third-order valence-corrected chi connectivity index (χ3v) is 15.9. The van der Waals surface area contributed by atoms with E-state index in [0.29, 0.717) is 50.0 Å². The lowest BCUT2D eigenvalue weighted by atomic mass is 9.45. The maximum Gasteiger partial charge on any atom is 0.340 e. The van der Waals surface area contributed by atoms with Crippen LogP contribution in [0.3, 0.4) is 0 Å². The molecule has 11 heteroatoms. The van der Waals surface area contributed by atoms with E-state index in [-0.39, 0.29) is 17.9 Å². The van der Waals surface area contributed by atoms with E-state index < -0.39 is 45.4 Å². The summed E-state index contributed by atoms with van der Waals surface area (Å²) in [6.07, 6.45) is 8.16. The van der Waals surface area contributed by atoms with Crippen LogP contribution >= 0.6 is 0 Å². The van der Waals surface area contributed by atoms with Gasteiger partial charge in [0, 0.05) is 89.9 Å². The molecular formula is C45H58N4O7. The van der Waals surface area contributed by atoms with E-state index in [1.54, 1.807) is 7.11 Å². The van der Waals surface area contributed by atoms with Crippen molar-refractivity contribution in [2.75, 3.05) is 66.0 Å². The fraction of sp³-hybridized carbons (Fsp3) is 0.600. The number of hydrogen-bond acceptors (Lipinski definition) is 10. The number of para-hydroxylation sites is 1. The minimum atomic E-state index is -1.85. The SMILES string of the molecule is CC[C@]1(O)C[C@@H]2CN(CCc3c([nH]c4ccccc34)[C@@](C(=O)OC)(c3cc4c(cc3OC)N(C)[C@H]3[C@](O)(C(=O)OC)[C@H](C)[C@]5(CC)C=CCN6CC[C@]43[C@@H]65)C2)C1. The number of aromatic amines is 1. The number of fused-ring (bicyclic) bond motifs is 6. The van der Waals surface area contributed by atoms with Crippen LogP contribution in [0, 0.1) is 17.3 Å². The Balaban J connectivity index is 1.36. The van der Waals surface area contributed by atoms with Crippen molar-refractivity contribution in [2.24, 2.45) is 17.3 Å². The summed E-state index contributed by atoms with van der Waals surface area (Å²) in [5.41, 5.74) is 0.0814. The summed E-state index contributed by atoms with van der Waals surface area (Å²) < 4.78 is 17.9. The van der Waals surface area contributed by atoms with Gasteiger partial charge in [-0.3, -0.25) is 14.6 Å². The highest BCUT2D eigenvalue weighted by molar-refractivity contribution is 5.94. The lowest BCUT2D eigenvalue weighted by Crippen LogP contribution is -2.78. The lowest BCUT2D eigenvalue weighted by molar-refractivity contribution is -0.197. The van der Waals surface area contributed by atoms with Crippen molar-refractivity contribution in [3.63, 3.8) is 0 Å². The lowest BCUT2D eigenvalue weighted by Gasteiger charge is -2.64. The third kappa shape index (κ3) is 4.60. The summed E-state index contributed by atoms with van der Waals surface area (Å²) in [5, 5.41) is 26.2. The maximum absolute atomic E-state index is 15.3. The van der Waals surface area contributed by atoms with E-state index in [1.807, 2.05) is 39.1 Å². The molecule has 1 aliphatic carbocycles. The molecule has 6 heterocycles. The second-order valence-corrected chi connectivity index (χ2v) is 17.9. The highest BCUT2D eigenvalue weighted by Crippen LogP contribution is 2.69. The number of ether oxygens (including phenoxy) is 3. The number of nitrogens with one attached hydrogen (secondary N) is 1. The van der Waals surface area contributed by atoms with Gasteiger partial charge >= 0.3 is 11.9 Å². The Hall–Kier alpha value is -3.90. The monoisotopic (exact) mass is 766 g/mol. The van der Waals surface area contributed by atoms with Gasteiger partial charge in [0.15, 0.2) is 5.60 Å². The molecule has 9 rings (SSSR count). The minimum Gasteiger partial charge on any atom is -0.496 e. The first kappa shape index (κ1) is 37.7. The first-order valence-electron chi connectivity index (χ1n) is 20.6. The zero-order valence-electron chi connectivity index (χ0n) is 34.0. The average molecular weight is 767 g/mol. The van der Waals surface area contributed by atoms with Crippen LogP contribution in [-0.4, -0.2) is 121 Å². The smallest absolute Gasteiger partial charge is 0.340 e. The van der Waals surface area contributed by atoms with Crippen LogP contribution in [0.15, 0.2) is 48.6 Å².